The Morgan fingerprint density at radius 2 is 2.15 bits per heavy atom. The van der Waals surface area contributed by atoms with E-state index < -0.39 is 11.8 Å². The van der Waals surface area contributed by atoms with Gasteiger partial charge in [0, 0.05) is 4.90 Å². The van der Waals surface area contributed by atoms with E-state index >= 15 is 0 Å². The molecule has 0 heterocycles. The first-order valence-corrected chi connectivity index (χ1v) is 4.08. The molecule has 0 aliphatic carbocycles. The van der Waals surface area contributed by atoms with Crippen molar-refractivity contribution >= 4 is 18.6 Å². The van der Waals surface area contributed by atoms with E-state index in [0.717, 1.165) is 0 Å². The lowest BCUT2D eigenvalue weighted by molar-refractivity contribution is 0.0595. The first-order valence-electron chi connectivity index (χ1n) is 3.63. The van der Waals surface area contributed by atoms with Crippen molar-refractivity contribution < 1.29 is 13.9 Å². The van der Waals surface area contributed by atoms with Crippen LogP contribution in [0, 0.1) is 12.7 Å². The van der Waals surface area contributed by atoms with E-state index in [1.807, 2.05) is 0 Å². The van der Waals surface area contributed by atoms with E-state index in [2.05, 4.69) is 17.4 Å². The van der Waals surface area contributed by atoms with Crippen LogP contribution in [-0.2, 0) is 4.74 Å². The summed E-state index contributed by atoms with van der Waals surface area (Å²) in [6, 6.07) is 2.89. The van der Waals surface area contributed by atoms with Gasteiger partial charge in [0.25, 0.3) is 0 Å². The quantitative estimate of drug-likeness (QED) is 0.555. The smallest absolute Gasteiger partial charge is 0.340 e. The Kier molecular flexibility index (Phi) is 2.93. The fourth-order valence-corrected chi connectivity index (χ4v) is 1.33. The molecule has 1 rings (SSSR count). The van der Waals surface area contributed by atoms with Crippen molar-refractivity contribution in [2.24, 2.45) is 0 Å². The number of esters is 1. The van der Waals surface area contributed by atoms with Crippen molar-refractivity contribution in [1.29, 1.82) is 0 Å². The molecule has 1 aromatic rings. The number of ether oxygens (including phenoxy) is 1. The Morgan fingerprint density at radius 1 is 1.54 bits per heavy atom. The number of hydrogen-bond donors (Lipinski definition) is 1. The van der Waals surface area contributed by atoms with Crippen LogP contribution in [0.4, 0.5) is 4.39 Å². The molecule has 0 saturated heterocycles. The molecule has 0 aromatic heterocycles. The van der Waals surface area contributed by atoms with E-state index in [4.69, 9.17) is 0 Å². The van der Waals surface area contributed by atoms with Gasteiger partial charge in [-0.05, 0) is 24.6 Å². The molecule has 2 nitrogen and oxygen atoms in total. The summed E-state index contributed by atoms with van der Waals surface area (Å²) in [6.45, 7) is 1.57. The third-order valence-electron chi connectivity index (χ3n) is 1.64. The molecule has 0 N–H and O–H groups in total. The van der Waals surface area contributed by atoms with E-state index in [0.29, 0.717) is 10.5 Å². The van der Waals surface area contributed by atoms with E-state index in [1.54, 1.807) is 13.0 Å². The topological polar surface area (TPSA) is 26.3 Å². The maximum absolute atomic E-state index is 13.3. The lowest BCUT2D eigenvalue weighted by Crippen LogP contribution is -2.05. The van der Waals surface area contributed by atoms with Gasteiger partial charge in [-0.1, -0.05) is 0 Å². The molecule has 1 aromatic carbocycles. The summed E-state index contributed by atoms with van der Waals surface area (Å²) in [5.41, 5.74) is 0.306. The van der Waals surface area contributed by atoms with Crippen molar-refractivity contribution in [2.75, 3.05) is 7.11 Å². The molecule has 0 unspecified atom stereocenters. The highest BCUT2D eigenvalue weighted by molar-refractivity contribution is 7.80. The maximum Gasteiger partial charge on any atom is 0.340 e. The zero-order chi connectivity index (χ0) is 10.0. The van der Waals surface area contributed by atoms with Gasteiger partial charge in [0.1, 0.15) is 5.82 Å². The number of thiol groups is 1. The van der Waals surface area contributed by atoms with Crippen LogP contribution in [0.1, 0.15) is 15.9 Å². The lowest BCUT2D eigenvalue weighted by atomic mass is 10.1. The largest absolute Gasteiger partial charge is 0.465 e. The molecule has 0 saturated carbocycles. The van der Waals surface area contributed by atoms with E-state index in [1.165, 1.54) is 13.2 Å². The molecule has 0 aliphatic heterocycles. The molecular weight excluding hydrogens is 191 g/mol. The van der Waals surface area contributed by atoms with E-state index in [-0.39, 0.29) is 5.56 Å². The molecule has 70 valence electrons. The number of benzene rings is 1. The summed E-state index contributed by atoms with van der Waals surface area (Å²) in [7, 11) is 1.21. The minimum absolute atomic E-state index is 0.0764. The van der Waals surface area contributed by atoms with Gasteiger partial charge in [-0.25, -0.2) is 9.18 Å². The molecular formula is C9H9FO2S. The monoisotopic (exact) mass is 200 g/mol. The number of rotatable bonds is 1. The molecule has 0 aliphatic rings. The van der Waals surface area contributed by atoms with Gasteiger partial charge in [0.15, 0.2) is 0 Å². The van der Waals surface area contributed by atoms with E-state index in [9.17, 15) is 9.18 Å². The Hall–Kier alpha value is -1.03. The summed E-state index contributed by atoms with van der Waals surface area (Å²) in [5, 5.41) is 0. The molecule has 0 amide bonds. The van der Waals surface area contributed by atoms with Crippen LogP contribution in [-0.4, -0.2) is 13.1 Å². The number of carbonyl (C=O) groups excluding carboxylic acids is 1. The number of halogens is 1. The van der Waals surface area contributed by atoms with Crippen molar-refractivity contribution in [2.45, 2.75) is 11.8 Å². The van der Waals surface area contributed by atoms with Crippen LogP contribution in [0.2, 0.25) is 0 Å². The number of hydrogen-bond acceptors (Lipinski definition) is 3. The summed E-state index contributed by atoms with van der Waals surface area (Å²) < 4.78 is 17.7. The first kappa shape index (κ1) is 10.1. The van der Waals surface area contributed by atoms with Gasteiger partial charge in [0.2, 0.25) is 0 Å². The SMILES string of the molecule is COC(=O)c1cc(S)cc(C)c1F. The van der Waals surface area contributed by atoms with Gasteiger partial charge >= 0.3 is 5.97 Å². The fraction of sp³-hybridized carbons (Fsp3) is 0.222. The average molecular weight is 200 g/mol. The molecule has 0 fully saturated rings. The standard InChI is InChI=1S/C9H9FO2S/c1-5-3-6(13)4-7(8(5)10)9(11)12-2/h3-4,13H,1-2H3. The summed E-state index contributed by atoms with van der Waals surface area (Å²) >= 11 is 4.03. The number of aryl methyl sites for hydroxylation is 1. The molecule has 0 spiro atoms. The van der Waals surface area contributed by atoms with Gasteiger partial charge in [-0.3, -0.25) is 0 Å². The Balaban J connectivity index is 3.28. The molecule has 0 atom stereocenters. The summed E-state index contributed by atoms with van der Waals surface area (Å²) in [4.78, 5) is 11.6. The zero-order valence-corrected chi connectivity index (χ0v) is 8.19. The van der Waals surface area contributed by atoms with Crippen LogP contribution in [0.5, 0.6) is 0 Å². The first-order chi connectivity index (χ1) is 6.06. The van der Waals surface area contributed by atoms with Gasteiger partial charge in [0.05, 0.1) is 12.7 Å². The molecule has 0 radical (unpaired) electrons. The molecule has 4 heteroatoms. The Bertz CT molecular complexity index is 350. The van der Waals surface area contributed by atoms with Crippen molar-refractivity contribution in [1.82, 2.24) is 0 Å². The van der Waals surface area contributed by atoms with Crippen molar-refractivity contribution in [3.05, 3.63) is 29.1 Å². The van der Waals surface area contributed by atoms with Gasteiger partial charge in [-0.15, -0.1) is 12.6 Å². The summed E-state index contributed by atoms with van der Waals surface area (Å²) in [6.07, 6.45) is 0. The van der Waals surface area contributed by atoms with Crippen LogP contribution in [0.15, 0.2) is 17.0 Å². The average Bonchev–Trinajstić information content (AvgIpc) is 2.10. The lowest BCUT2D eigenvalue weighted by Gasteiger charge is -2.04. The second-order valence-electron chi connectivity index (χ2n) is 2.62. The van der Waals surface area contributed by atoms with Gasteiger partial charge < -0.3 is 4.74 Å². The normalized spacial score (nSPS) is 9.85. The predicted octanol–water partition coefficient (Wildman–Crippen LogP) is 2.21. The summed E-state index contributed by atoms with van der Waals surface area (Å²) in [5.74, 6) is -1.24. The van der Waals surface area contributed by atoms with Crippen LogP contribution in [0.3, 0.4) is 0 Å². The fourth-order valence-electron chi connectivity index (χ4n) is 1.01. The minimum Gasteiger partial charge on any atom is -0.465 e. The van der Waals surface area contributed by atoms with Crippen LogP contribution < -0.4 is 0 Å². The second kappa shape index (κ2) is 3.79. The zero-order valence-electron chi connectivity index (χ0n) is 7.30. The second-order valence-corrected chi connectivity index (χ2v) is 3.13. The highest BCUT2D eigenvalue weighted by atomic mass is 32.1. The Morgan fingerprint density at radius 3 is 2.69 bits per heavy atom. The number of carbonyl (C=O) groups is 1. The highest BCUT2D eigenvalue weighted by Gasteiger charge is 2.14. The maximum atomic E-state index is 13.3. The highest BCUT2D eigenvalue weighted by Crippen LogP contribution is 2.18. The molecule has 13 heavy (non-hydrogen) atoms. The minimum atomic E-state index is -0.684. The number of methoxy groups -OCH3 is 1. The molecule has 0 bridgehead atoms. The van der Waals surface area contributed by atoms with Crippen LogP contribution in [0.25, 0.3) is 0 Å². The van der Waals surface area contributed by atoms with Gasteiger partial charge in [-0.2, -0.15) is 0 Å². The van der Waals surface area contributed by atoms with Crippen molar-refractivity contribution in [3.63, 3.8) is 0 Å². The third kappa shape index (κ3) is 2.01. The third-order valence-corrected chi connectivity index (χ3v) is 1.90. The van der Waals surface area contributed by atoms with Crippen molar-refractivity contribution in [3.8, 4) is 0 Å². The predicted molar refractivity (Wildman–Crippen MR) is 49.7 cm³/mol. The van der Waals surface area contributed by atoms with Crippen LogP contribution >= 0.6 is 12.6 Å². The Labute approximate surface area is 81.1 Å².